The minimum Gasteiger partial charge on any atom is -0.491 e. The molecular weight excluding hydrogens is 366 g/mol. The summed E-state index contributed by atoms with van der Waals surface area (Å²) in [5.41, 5.74) is 2.53. The van der Waals surface area contributed by atoms with Crippen LogP contribution in [0.3, 0.4) is 0 Å². The molecule has 0 bridgehead atoms. The molecule has 1 amide bonds. The minimum absolute atomic E-state index is 0. The summed E-state index contributed by atoms with van der Waals surface area (Å²) >= 11 is 0. The Morgan fingerprint density at radius 1 is 1.33 bits per heavy atom. The molecule has 8 heteroatoms. The molecule has 0 spiro atoms. The molecule has 7 nitrogen and oxygen atoms in total. The highest BCUT2D eigenvalue weighted by molar-refractivity contribution is 5.92. The van der Waals surface area contributed by atoms with Crippen molar-refractivity contribution in [1.82, 2.24) is 25.6 Å². The molecule has 1 atom stereocenters. The van der Waals surface area contributed by atoms with Gasteiger partial charge in [0.05, 0.1) is 18.3 Å². The average Bonchev–Trinajstić information content (AvgIpc) is 3.12. The maximum absolute atomic E-state index is 12.4. The molecule has 1 fully saturated rings. The van der Waals surface area contributed by atoms with Gasteiger partial charge in [0.25, 0.3) is 5.91 Å². The highest BCUT2D eigenvalue weighted by atomic mass is 35.5. The van der Waals surface area contributed by atoms with E-state index in [0.717, 1.165) is 42.8 Å². The van der Waals surface area contributed by atoms with Crippen LogP contribution in [0.4, 0.5) is 0 Å². The van der Waals surface area contributed by atoms with Gasteiger partial charge in [0.2, 0.25) is 0 Å². The molecule has 1 aromatic carbocycles. The number of benzene rings is 1. The maximum Gasteiger partial charge on any atom is 0.273 e. The van der Waals surface area contributed by atoms with Crippen molar-refractivity contribution in [3.63, 3.8) is 0 Å². The summed E-state index contributed by atoms with van der Waals surface area (Å²) in [5.74, 6) is 0.660. The van der Waals surface area contributed by atoms with Gasteiger partial charge < -0.3 is 15.4 Å². The standard InChI is InChI=1S/C19H27N5O2.ClH/c1-13-5-4-6-14(2)18(13)26-12-15(3)21-19(25)17-11-24(23-22-17)16-7-9-20-10-8-16;/h4-6,11,15-16,20H,7-10,12H2,1-3H3,(H,21,25);1H. The van der Waals surface area contributed by atoms with Gasteiger partial charge in [-0.15, -0.1) is 17.5 Å². The monoisotopic (exact) mass is 393 g/mol. The van der Waals surface area contributed by atoms with Gasteiger partial charge in [-0.3, -0.25) is 4.79 Å². The third kappa shape index (κ3) is 5.43. The van der Waals surface area contributed by atoms with Crippen molar-refractivity contribution < 1.29 is 9.53 Å². The second-order valence-corrected chi connectivity index (χ2v) is 6.97. The molecular formula is C19H28ClN5O2. The van der Waals surface area contributed by atoms with E-state index in [1.807, 2.05) is 43.7 Å². The normalized spacial score (nSPS) is 15.7. The van der Waals surface area contributed by atoms with Crippen LogP contribution < -0.4 is 15.4 Å². The third-order valence-electron chi connectivity index (χ3n) is 4.69. The number of carbonyl (C=O) groups excluding carboxylic acids is 1. The van der Waals surface area contributed by atoms with E-state index in [-0.39, 0.29) is 24.4 Å². The number of piperidine rings is 1. The van der Waals surface area contributed by atoms with Gasteiger partial charge >= 0.3 is 0 Å². The molecule has 0 radical (unpaired) electrons. The molecule has 0 saturated carbocycles. The first-order valence-electron chi connectivity index (χ1n) is 9.17. The molecule has 1 aliphatic rings. The Labute approximate surface area is 166 Å². The molecule has 0 aliphatic carbocycles. The van der Waals surface area contributed by atoms with Crippen molar-refractivity contribution >= 4 is 18.3 Å². The zero-order valence-electron chi connectivity index (χ0n) is 16.1. The lowest BCUT2D eigenvalue weighted by atomic mass is 10.1. The summed E-state index contributed by atoms with van der Waals surface area (Å²) in [6, 6.07) is 6.23. The number of halogens is 1. The van der Waals surface area contributed by atoms with Gasteiger partial charge in [-0.25, -0.2) is 4.68 Å². The maximum atomic E-state index is 12.4. The number of hydrogen-bond acceptors (Lipinski definition) is 5. The SMILES string of the molecule is Cc1cccc(C)c1OCC(C)NC(=O)c1cn(C2CCNCC2)nn1.Cl. The highest BCUT2D eigenvalue weighted by Crippen LogP contribution is 2.22. The second kappa shape index (κ2) is 9.71. The highest BCUT2D eigenvalue weighted by Gasteiger charge is 2.19. The number of rotatable bonds is 6. The lowest BCUT2D eigenvalue weighted by Crippen LogP contribution is -2.37. The molecule has 3 rings (SSSR count). The van der Waals surface area contributed by atoms with Crippen LogP contribution in [0.15, 0.2) is 24.4 Å². The van der Waals surface area contributed by atoms with Crippen LogP contribution >= 0.6 is 12.4 Å². The van der Waals surface area contributed by atoms with Crippen LogP contribution in [0.25, 0.3) is 0 Å². The number of hydrogen-bond donors (Lipinski definition) is 2. The Balaban J connectivity index is 0.00000261. The first-order valence-corrected chi connectivity index (χ1v) is 9.17. The summed E-state index contributed by atoms with van der Waals surface area (Å²) in [6.45, 7) is 8.30. The Morgan fingerprint density at radius 2 is 2.00 bits per heavy atom. The first-order chi connectivity index (χ1) is 12.5. The van der Waals surface area contributed by atoms with Crippen molar-refractivity contribution in [2.24, 2.45) is 0 Å². The Hall–Kier alpha value is -2.12. The van der Waals surface area contributed by atoms with E-state index in [0.29, 0.717) is 18.3 Å². The number of amides is 1. The Kier molecular flexibility index (Phi) is 7.62. The van der Waals surface area contributed by atoms with Gasteiger partial charge in [-0.1, -0.05) is 23.4 Å². The van der Waals surface area contributed by atoms with Crippen LogP contribution in [0.1, 0.15) is 47.4 Å². The summed E-state index contributed by atoms with van der Waals surface area (Å²) in [4.78, 5) is 12.4. The number of para-hydroxylation sites is 1. The van der Waals surface area contributed by atoms with Gasteiger partial charge in [0, 0.05) is 0 Å². The number of nitrogens with one attached hydrogen (secondary N) is 2. The van der Waals surface area contributed by atoms with E-state index in [9.17, 15) is 4.79 Å². The lowest BCUT2D eigenvalue weighted by molar-refractivity contribution is 0.0921. The molecule has 1 unspecified atom stereocenters. The van der Waals surface area contributed by atoms with Crippen molar-refractivity contribution in [1.29, 1.82) is 0 Å². The van der Waals surface area contributed by atoms with Gasteiger partial charge in [-0.05, 0) is 57.8 Å². The second-order valence-electron chi connectivity index (χ2n) is 6.97. The van der Waals surface area contributed by atoms with Gasteiger partial charge in [0.1, 0.15) is 12.4 Å². The van der Waals surface area contributed by atoms with E-state index >= 15 is 0 Å². The molecule has 2 aromatic rings. The fraction of sp³-hybridized carbons (Fsp3) is 0.526. The van der Waals surface area contributed by atoms with E-state index in [1.165, 1.54) is 0 Å². The van der Waals surface area contributed by atoms with Gasteiger partial charge in [-0.2, -0.15) is 0 Å². The fourth-order valence-electron chi connectivity index (χ4n) is 3.21. The first kappa shape index (κ1) is 21.2. The molecule has 1 aromatic heterocycles. The smallest absolute Gasteiger partial charge is 0.273 e. The van der Waals surface area contributed by atoms with E-state index < -0.39 is 0 Å². The number of ether oxygens (including phenoxy) is 1. The minimum atomic E-state index is -0.220. The van der Waals surface area contributed by atoms with Crippen molar-refractivity contribution in [3.8, 4) is 5.75 Å². The predicted molar refractivity (Wildman–Crippen MR) is 107 cm³/mol. The summed E-state index contributed by atoms with van der Waals surface area (Å²) in [6.07, 6.45) is 3.75. The zero-order valence-corrected chi connectivity index (χ0v) is 16.9. The zero-order chi connectivity index (χ0) is 18.5. The number of aryl methyl sites for hydroxylation is 2. The van der Waals surface area contributed by atoms with Crippen molar-refractivity contribution in [3.05, 3.63) is 41.2 Å². The topological polar surface area (TPSA) is 81.1 Å². The Morgan fingerprint density at radius 3 is 2.67 bits per heavy atom. The number of aromatic nitrogens is 3. The molecule has 2 heterocycles. The van der Waals surface area contributed by atoms with Crippen molar-refractivity contribution in [2.45, 2.75) is 45.7 Å². The van der Waals surface area contributed by atoms with Gasteiger partial charge in [0.15, 0.2) is 5.69 Å². The molecule has 1 aliphatic heterocycles. The quantitative estimate of drug-likeness (QED) is 0.787. The summed E-state index contributed by atoms with van der Waals surface area (Å²) < 4.78 is 7.72. The van der Waals surface area contributed by atoms with E-state index in [4.69, 9.17) is 4.74 Å². The third-order valence-corrected chi connectivity index (χ3v) is 4.69. The summed E-state index contributed by atoms with van der Waals surface area (Å²) in [7, 11) is 0. The van der Waals surface area contributed by atoms with Crippen LogP contribution in [-0.4, -0.2) is 46.6 Å². The van der Waals surface area contributed by atoms with Crippen LogP contribution in [0.2, 0.25) is 0 Å². The predicted octanol–water partition coefficient (Wildman–Crippen LogP) is 2.44. The van der Waals surface area contributed by atoms with Crippen LogP contribution in [0, 0.1) is 13.8 Å². The van der Waals surface area contributed by atoms with E-state index in [1.54, 1.807) is 6.20 Å². The molecule has 1 saturated heterocycles. The molecule has 2 N–H and O–H groups in total. The molecule has 27 heavy (non-hydrogen) atoms. The Bertz CT molecular complexity index is 738. The number of nitrogens with zero attached hydrogens (tertiary/aromatic N) is 3. The van der Waals surface area contributed by atoms with Crippen molar-refractivity contribution in [2.75, 3.05) is 19.7 Å². The van der Waals surface area contributed by atoms with Crippen LogP contribution in [0.5, 0.6) is 5.75 Å². The fourth-order valence-corrected chi connectivity index (χ4v) is 3.21. The number of carbonyl (C=O) groups is 1. The van der Waals surface area contributed by atoms with E-state index in [2.05, 4.69) is 20.9 Å². The lowest BCUT2D eigenvalue weighted by Gasteiger charge is -2.22. The molecule has 148 valence electrons. The average molecular weight is 394 g/mol. The summed E-state index contributed by atoms with van der Waals surface area (Å²) in [5, 5.41) is 14.4. The van der Waals surface area contributed by atoms with Crippen LogP contribution in [-0.2, 0) is 0 Å². The largest absolute Gasteiger partial charge is 0.491 e.